The third-order valence-corrected chi connectivity index (χ3v) is 3.93. The molecule has 2 amide bonds. The monoisotopic (exact) mass is 316 g/mol. The molecule has 0 aromatic heterocycles. The smallest absolute Gasteiger partial charge is 0.326 e. The number of hydrogen-bond donors (Lipinski definition) is 2. The van der Waals surface area contributed by atoms with Crippen molar-refractivity contribution in [3.8, 4) is 0 Å². The molecule has 0 saturated carbocycles. The molecule has 2 atom stereocenters. The minimum Gasteiger partial charge on any atom is -0.480 e. The van der Waals surface area contributed by atoms with Crippen molar-refractivity contribution in [2.75, 3.05) is 11.9 Å². The molecule has 1 fully saturated rings. The van der Waals surface area contributed by atoms with E-state index >= 15 is 0 Å². The lowest BCUT2D eigenvalue weighted by Crippen LogP contribution is -2.44. The molecule has 0 bridgehead atoms. The summed E-state index contributed by atoms with van der Waals surface area (Å²) in [6, 6.07) is 3.43. The van der Waals surface area contributed by atoms with Gasteiger partial charge in [0.1, 0.15) is 6.04 Å². The number of hydrogen-bond acceptors (Lipinski definition) is 2. The fraction of sp³-hybridized carbons (Fsp3) is 0.385. The Labute approximate surface area is 126 Å². The number of anilines is 1. The lowest BCUT2D eigenvalue weighted by molar-refractivity contribution is -0.142. The van der Waals surface area contributed by atoms with E-state index in [0.29, 0.717) is 28.7 Å². The first-order valence-electron chi connectivity index (χ1n) is 6.15. The van der Waals surface area contributed by atoms with E-state index in [1.54, 1.807) is 12.1 Å². The van der Waals surface area contributed by atoms with Crippen molar-refractivity contribution in [1.82, 2.24) is 4.90 Å². The van der Waals surface area contributed by atoms with Gasteiger partial charge in [-0.1, -0.05) is 30.1 Å². The molecular formula is C13H14Cl2N2O3. The van der Waals surface area contributed by atoms with Crippen molar-refractivity contribution in [2.45, 2.75) is 19.4 Å². The Morgan fingerprint density at radius 1 is 1.40 bits per heavy atom. The van der Waals surface area contributed by atoms with Crippen LogP contribution in [0.1, 0.15) is 13.3 Å². The van der Waals surface area contributed by atoms with Crippen LogP contribution in [0.5, 0.6) is 0 Å². The average molecular weight is 317 g/mol. The van der Waals surface area contributed by atoms with Crippen LogP contribution in [0.15, 0.2) is 18.2 Å². The first-order chi connectivity index (χ1) is 9.40. The van der Waals surface area contributed by atoms with E-state index < -0.39 is 18.0 Å². The zero-order valence-electron chi connectivity index (χ0n) is 10.8. The number of likely N-dealkylation sites (tertiary alicyclic amines) is 1. The molecule has 108 valence electrons. The maximum absolute atomic E-state index is 12.2. The van der Waals surface area contributed by atoms with E-state index in [1.807, 2.05) is 6.92 Å². The van der Waals surface area contributed by atoms with Gasteiger partial charge >= 0.3 is 12.0 Å². The van der Waals surface area contributed by atoms with Crippen LogP contribution in [-0.2, 0) is 4.79 Å². The van der Waals surface area contributed by atoms with Gasteiger partial charge in [-0.05, 0) is 30.5 Å². The van der Waals surface area contributed by atoms with E-state index in [0.717, 1.165) is 0 Å². The third kappa shape index (κ3) is 2.99. The Bertz CT molecular complexity index is 550. The molecule has 1 aliphatic heterocycles. The predicted molar refractivity (Wildman–Crippen MR) is 77.4 cm³/mol. The Morgan fingerprint density at radius 2 is 2.10 bits per heavy atom. The largest absolute Gasteiger partial charge is 0.480 e. The first kappa shape index (κ1) is 14.9. The zero-order valence-corrected chi connectivity index (χ0v) is 12.3. The summed E-state index contributed by atoms with van der Waals surface area (Å²) in [6.45, 7) is 2.23. The number of urea groups is 1. The van der Waals surface area contributed by atoms with Crippen LogP contribution in [0.25, 0.3) is 0 Å². The molecule has 1 aromatic rings. The summed E-state index contributed by atoms with van der Waals surface area (Å²) in [6.07, 6.45) is 0.665. The molecule has 0 spiro atoms. The fourth-order valence-electron chi connectivity index (χ4n) is 2.33. The third-order valence-electron chi connectivity index (χ3n) is 3.39. The van der Waals surface area contributed by atoms with Crippen LogP contribution in [0, 0.1) is 5.92 Å². The molecule has 1 heterocycles. The van der Waals surface area contributed by atoms with Gasteiger partial charge in [-0.2, -0.15) is 0 Å². The minimum absolute atomic E-state index is 0.0704. The molecule has 1 aliphatic rings. The Kier molecular flexibility index (Phi) is 4.40. The van der Waals surface area contributed by atoms with Crippen molar-refractivity contribution in [3.05, 3.63) is 28.2 Å². The number of carbonyl (C=O) groups excluding carboxylic acids is 1. The van der Waals surface area contributed by atoms with Gasteiger partial charge in [-0.25, -0.2) is 9.59 Å². The number of nitrogens with zero attached hydrogens (tertiary/aromatic N) is 1. The van der Waals surface area contributed by atoms with Crippen molar-refractivity contribution in [2.24, 2.45) is 5.92 Å². The summed E-state index contributed by atoms with van der Waals surface area (Å²) in [5.41, 5.74) is 0.407. The molecule has 7 heteroatoms. The molecule has 2 unspecified atom stereocenters. The van der Waals surface area contributed by atoms with Gasteiger partial charge in [0, 0.05) is 11.6 Å². The van der Waals surface area contributed by atoms with Crippen molar-refractivity contribution >= 4 is 40.9 Å². The van der Waals surface area contributed by atoms with E-state index in [1.165, 1.54) is 11.0 Å². The number of carbonyl (C=O) groups is 2. The lowest BCUT2D eigenvalue weighted by Gasteiger charge is -2.23. The van der Waals surface area contributed by atoms with Crippen LogP contribution in [0.4, 0.5) is 10.5 Å². The quantitative estimate of drug-likeness (QED) is 0.879. The fourth-order valence-corrected chi connectivity index (χ4v) is 2.79. The second kappa shape index (κ2) is 5.89. The van der Waals surface area contributed by atoms with Crippen LogP contribution < -0.4 is 5.32 Å². The molecule has 5 nitrogen and oxygen atoms in total. The summed E-state index contributed by atoms with van der Waals surface area (Å²) in [5, 5.41) is 12.6. The first-order valence-corrected chi connectivity index (χ1v) is 6.91. The van der Waals surface area contributed by atoms with Gasteiger partial charge in [0.25, 0.3) is 0 Å². The number of benzene rings is 1. The lowest BCUT2D eigenvalue weighted by atomic mass is 10.0. The Hall–Kier alpha value is -1.46. The highest BCUT2D eigenvalue weighted by Gasteiger charge is 2.39. The molecule has 0 radical (unpaired) electrons. The minimum atomic E-state index is -0.993. The average Bonchev–Trinajstić information content (AvgIpc) is 2.74. The van der Waals surface area contributed by atoms with Crippen molar-refractivity contribution in [3.63, 3.8) is 0 Å². The van der Waals surface area contributed by atoms with Crippen molar-refractivity contribution < 1.29 is 14.7 Å². The van der Waals surface area contributed by atoms with Crippen LogP contribution >= 0.6 is 23.2 Å². The number of aliphatic carboxylic acids is 1. The molecule has 1 aromatic carbocycles. The Morgan fingerprint density at radius 3 is 2.70 bits per heavy atom. The van der Waals surface area contributed by atoms with Crippen LogP contribution in [-0.4, -0.2) is 34.6 Å². The molecule has 2 rings (SSSR count). The number of halogens is 2. The summed E-state index contributed by atoms with van der Waals surface area (Å²) in [7, 11) is 0. The second-order valence-electron chi connectivity index (χ2n) is 4.80. The summed E-state index contributed by atoms with van der Waals surface area (Å²) < 4.78 is 0. The molecular weight excluding hydrogens is 303 g/mol. The highest BCUT2D eigenvalue weighted by molar-refractivity contribution is 6.36. The molecule has 0 aliphatic carbocycles. The van der Waals surface area contributed by atoms with E-state index in [2.05, 4.69) is 5.32 Å². The number of carboxylic acids is 1. The molecule has 20 heavy (non-hydrogen) atoms. The second-order valence-corrected chi connectivity index (χ2v) is 5.64. The number of nitrogens with one attached hydrogen (secondary N) is 1. The van der Waals surface area contributed by atoms with Gasteiger partial charge < -0.3 is 15.3 Å². The predicted octanol–water partition coefficient (Wildman–Crippen LogP) is 3.32. The maximum Gasteiger partial charge on any atom is 0.326 e. The van der Waals surface area contributed by atoms with Gasteiger partial charge in [-0.15, -0.1) is 0 Å². The number of amides is 2. The maximum atomic E-state index is 12.2. The highest BCUT2D eigenvalue weighted by atomic mass is 35.5. The van der Waals surface area contributed by atoms with E-state index in [-0.39, 0.29) is 5.92 Å². The number of rotatable bonds is 2. The zero-order chi connectivity index (χ0) is 14.9. The Balaban J connectivity index is 2.14. The van der Waals surface area contributed by atoms with Crippen molar-refractivity contribution in [1.29, 1.82) is 0 Å². The molecule has 2 N–H and O–H groups in total. The standard InChI is InChI=1S/C13H14Cl2N2O3/c1-7-4-5-17(11(7)12(18)19)13(20)16-10-3-2-8(14)6-9(10)15/h2-3,6-7,11H,4-5H2,1H3,(H,16,20)(H,18,19). The van der Waals surface area contributed by atoms with Gasteiger partial charge in [0.05, 0.1) is 10.7 Å². The van der Waals surface area contributed by atoms with Gasteiger partial charge in [-0.3, -0.25) is 0 Å². The van der Waals surface area contributed by atoms with E-state index in [4.69, 9.17) is 23.2 Å². The van der Waals surface area contributed by atoms with E-state index in [9.17, 15) is 14.7 Å². The summed E-state index contributed by atoms with van der Waals surface area (Å²) in [4.78, 5) is 24.7. The topological polar surface area (TPSA) is 69.6 Å². The van der Waals surface area contributed by atoms with Crippen LogP contribution in [0.3, 0.4) is 0 Å². The normalized spacial score (nSPS) is 21.9. The van der Waals surface area contributed by atoms with Gasteiger partial charge in [0.15, 0.2) is 0 Å². The summed E-state index contributed by atoms with van der Waals surface area (Å²) >= 11 is 11.8. The number of carboxylic acid groups (broad SMARTS) is 1. The van der Waals surface area contributed by atoms with Gasteiger partial charge in [0.2, 0.25) is 0 Å². The highest BCUT2D eigenvalue weighted by Crippen LogP contribution is 2.28. The summed E-state index contributed by atoms with van der Waals surface area (Å²) in [5.74, 6) is -1.06. The molecule has 1 saturated heterocycles. The van der Waals surface area contributed by atoms with Crippen LogP contribution in [0.2, 0.25) is 10.0 Å². The SMILES string of the molecule is CC1CCN(C(=O)Nc2ccc(Cl)cc2Cl)C1C(=O)O.